The highest BCUT2D eigenvalue weighted by molar-refractivity contribution is 9.10. The van der Waals surface area contributed by atoms with Crippen LogP contribution in [0.15, 0.2) is 4.47 Å². The highest BCUT2D eigenvalue weighted by atomic mass is 79.9. The van der Waals surface area contributed by atoms with Crippen LogP contribution in [0.4, 0.5) is 0 Å². The van der Waals surface area contributed by atoms with Crippen LogP contribution in [0.25, 0.3) is 0 Å². The molecule has 1 aliphatic carbocycles. The maximum Gasteiger partial charge on any atom is 0.0766 e. The molecule has 1 aliphatic rings. The average molecular weight is 342 g/mol. The van der Waals surface area contributed by atoms with Crippen LogP contribution in [-0.4, -0.2) is 22.4 Å². The molecule has 0 unspecified atom stereocenters. The van der Waals surface area contributed by atoms with Crippen molar-refractivity contribution in [2.75, 3.05) is 6.54 Å². The number of hydrogen-bond acceptors (Lipinski definition) is 2. The smallest absolute Gasteiger partial charge is 0.0766 e. The lowest BCUT2D eigenvalue weighted by Crippen LogP contribution is -2.37. The molecule has 1 aromatic rings. The molecule has 0 saturated heterocycles. The van der Waals surface area contributed by atoms with Crippen LogP contribution in [0.1, 0.15) is 57.8 Å². The van der Waals surface area contributed by atoms with Gasteiger partial charge < -0.3 is 5.32 Å². The number of hydrogen-bond donors (Lipinski definition) is 1. The van der Waals surface area contributed by atoms with E-state index in [0.29, 0.717) is 5.41 Å². The highest BCUT2D eigenvalue weighted by Gasteiger charge is 2.32. The first-order chi connectivity index (χ1) is 9.55. The molecule has 0 aliphatic heterocycles. The van der Waals surface area contributed by atoms with Crippen molar-refractivity contribution in [2.24, 2.45) is 12.5 Å². The van der Waals surface area contributed by atoms with Crippen LogP contribution >= 0.6 is 15.9 Å². The van der Waals surface area contributed by atoms with Crippen molar-refractivity contribution in [3.05, 3.63) is 15.9 Å². The summed E-state index contributed by atoms with van der Waals surface area (Å²) in [5, 5.41) is 8.37. The van der Waals surface area contributed by atoms with Gasteiger partial charge in [0.2, 0.25) is 0 Å². The summed E-state index contributed by atoms with van der Waals surface area (Å²) in [7, 11) is 2.07. The Morgan fingerprint density at radius 2 is 1.95 bits per heavy atom. The topological polar surface area (TPSA) is 29.9 Å². The van der Waals surface area contributed by atoms with Crippen molar-refractivity contribution in [1.29, 1.82) is 0 Å². The standard InChI is InChI=1S/C16H28BrN3/c1-5-13-15(17)14(20(4)19-13)10-16(6-2,7-3)11-18-12-8-9-12/h12,18H,5-11H2,1-4H3. The summed E-state index contributed by atoms with van der Waals surface area (Å²) in [6.45, 7) is 7.94. The molecule has 0 aromatic carbocycles. The zero-order valence-corrected chi connectivity index (χ0v) is 14.9. The molecule has 1 saturated carbocycles. The number of nitrogens with zero attached hydrogens (tertiary/aromatic N) is 2. The largest absolute Gasteiger partial charge is 0.313 e. The van der Waals surface area contributed by atoms with Gasteiger partial charge in [-0.05, 0) is 59.9 Å². The summed E-state index contributed by atoms with van der Waals surface area (Å²) in [6.07, 6.45) is 7.23. The van der Waals surface area contributed by atoms with Crippen LogP contribution in [0.2, 0.25) is 0 Å². The van der Waals surface area contributed by atoms with Gasteiger partial charge in [0.15, 0.2) is 0 Å². The Morgan fingerprint density at radius 3 is 2.40 bits per heavy atom. The third-order valence-electron chi connectivity index (χ3n) is 4.89. The van der Waals surface area contributed by atoms with Crippen molar-refractivity contribution in [2.45, 2.75) is 65.3 Å². The Morgan fingerprint density at radius 1 is 1.30 bits per heavy atom. The minimum atomic E-state index is 0.351. The highest BCUT2D eigenvalue weighted by Crippen LogP contribution is 2.35. The predicted molar refractivity (Wildman–Crippen MR) is 88.0 cm³/mol. The zero-order chi connectivity index (χ0) is 14.8. The van der Waals surface area contributed by atoms with Gasteiger partial charge in [0.1, 0.15) is 0 Å². The van der Waals surface area contributed by atoms with Crippen molar-refractivity contribution in [1.82, 2.24) is 15.1 Å². The molecule has 1 N–H and O–H groups in total. The van der Waals surface area contributed by atoms with Gasteiger partial charge in [0, 0.05) is 19.6 Å². The second kappa shape index (κ2) is 6.61. The molecular weight excluding hydrogens is 314 g/mol. The van der Waals surface area contributed by atoms with Crippen LogP contribution in [0, 0.1) is 5.41 Å². The molecule has 0 atom stereocenters. The Kier molecular flexibility index (Phi) is 5.30. The fraction of sp³-hybridized carbons (Fsp3) is 0.812. The first-order valence-electron chi connectivity index (χ1n) is 7.98. The lowest BCUT2D eigenvalue weighted by Gasteiger charge is -2.32. The normalized spacial score (nSPS) is 15.8. The molecule has 1 heterocycles. The number of halogens is 1. The van der Waals surface area contributed by atoms with E-state index in [9.17, 15) is 0 Å². The van der Waals surface area contributed by atoms with E-state index in [0.717, 1.165) is 25.4 Å². The molecule has 1 aromatic heterocycles. The van der Waals surface area contributed by atoms with Crippen LogP contribution < -0.4 is 5.32 Å². The van der Waals surface area contributed by atoms with E-state index in [-0.39, 0.29) is 0 Å². The SMILES string of the molecule is CCc1nn(C)c(CC(CC)(CC)CNC2CC2)c1Br. The van der Waals surface area contributed by atoms with Crippen molar-refractivity contribution in [3.63, 3.8) is 0 Å². The van der Waals surface area contributed by atoms with Gasteiger partial charge in [0.05, 0.1) is 15.9 Å². The third kappa shape index (κ3) is 3.45. The molecule has 0 spiro atoms. The zero-order valence-electron chi connectivity index (χ0n) is 13.3. The van der Waals surface area contributed by atoms with Crippen LogP contribution in [-0.2, 0) is 19.9 Å². The molecular formula is C16H28BrN3. The maximum atomic E-state index is 4.64. The van der Waals surface area contributed by atoms with Crippen LogP contribution in [0.5, 0.6) is 0 Å². The van der Waals surface area contributed by atoms with Crippen molar-refractivity contribution < 1.29 is 0 Å². The van der Waals surface area contributed by atoms with E-state index < -0.39 is 0 Å². The predicted octanol–water partition coefficient (Wildman–Crippen LogP) is 3.85. The van der Waals surface area contributed by atoms with Gasteiger partial charge in [-0.1, -0.05) is 20.8 Å². The molecule has 0 bridgehead atoms. The maximum absolute atomic E-state index is 4.64. The summed E-state index contributed by atoms with van der Waals surface area (Å²) in [6, 6.07) is 0.786. The monoisotopic (exact) mass is 341 g/mol. The molecule has 3 nitrogen and oxygen atoms in total. The summed E-state index contributed by atoms with van der Waals surface area (Å²) in [5.74, 6) is 0. The van der Waals surface area contributed by atoms with E-state index in [2.05, 4.69) is 58.8 Å². The number of rotatable bonds is 8. The minimum absolute atomic E-state index is 0.351. The van der Waals surface area contributed by atoms with E-state index in [4.69, 9.17) is 0 Å². The van der Waals surface area contributed by atoms with E-state index >= 15 is 0 Å². The Hall–Kier alpha value is -0.350. The van der Waals surface area contributed by atoms with E-state index in [1.54, 1.807) is 0 Å². The second-order valence-electron chi connectivity index (χ2n) is 6.22. The fourth-order valence-electron chi connectivity index (χ4n) is 2.83. The van der Waals surface area contributed by atoms with Crippen molar-refractivity contribution in [3.8, 4) is 0 Å². The molecule has 1 fully saturated rings. The molecule has 2 rings (SSSR count). The van der Waals surface area contributed by atoms with E-state index in [1.165, 1.54) is 41.5 Å². The van der Waals surface area contributed by atoms with Gasteiger partial charge in [0.25, 0.3) is 0 Å². The van der Waals surface area contributed by atoms with E-state index in [1.807, 2.05) is 0 Å². The van der Waals surface area contributed by atoms with Gasteiger partial charge in [-0.2, -0.15) is 5.10 Å². The Balaban J connectivity index is 2.15. The average Bonchev–Trinajstić information content (AvgIpc) is 3.25. The summed E-state index contributed by atoms with van der Waals surface area (Å²) >= 11 is 3.76. The summed E-state index contributed by atoms with van der Waals surface area (Å²) in [4.78, 5) is 0. The number of aromatic nitrogens is 2. The molecule has 0 radical (unpaired) electrons. The molecule has 114 valence electrons. The van der Waals surface area contributed by atoms with Crippen molar-refractivity contribution >= 4 is 15.9 Å². The molecule has 20 heavy (non-hydrogen) atoms. The fourth-order valence-corrected chi connectivity index (χ4v) is 3.58. The quantitative estimate of drug-likeness (QED) is 0.778. The van der Waals surface area contributed by atoms with Gasteiger partial charge in [-0.3, -0.25) is 4.68 Å². The summed E-state index contributed by atoms with van der Waals surface area (Å²) < 4.78 is 3.29. The molecule has 4 heteroatoms. The van der Waals surface area contributed by atoms with Gasteiger partial charge >= 0.3 is 0 Å². The lowest BCUT2D eigenvalue weighted by molar-refractivity contribution is 0.240. The number of aryl methyl sites for hydroxylation is 2. The lowest BCUT2D eigenvalue weighted by atomic mass is 9.78. The summed E-state index contributed by atoms with van der Waals surface area (Å²) in [5.41, 5.74) is 2.88. The first kappa shape index (κ1) is 16.0. The Labute approximate surface area is 131 Å². The third-order valence-corrected chi connectivity index (χ3v) is 5.80. The number of nitrogens with one attached hydrogen (secondary N) is 1. The van der Waals surface area contributed by atoms with Gasteiger partial charge in [-0.15, -0.1) is 0 Å². The molecule has 0 amide bonds. The minimum Gasteiger partial charge on any atom is -0.313 e. The first-order valence-corrected chi connectivity index (χ1v) is 8.78. The van der Waals surface area contributed by atoms with Gasteiger partial charge in [-0.25, -0.2) is 0 Å². The second-order valence-corrected chi connectivity index (χ2v) is 7.02. The van der Waals surface area contributed by atoms with Crippen LogP contribution in [0.3, 0.4) is 0 Å². The Bertz CT molecular complexity index is 445.